The Kier molecular flexibility index (Phi) is 15.7. The number of anilines is 1. The molecule has 6 aromatic rings. The van der Waals surface area contributed by atoms with E-state index in [2.05, 4.69) is 28.4 Å². The minimum atomic E-state index is -1.45. The van der Waals surface area contributed by atoms with E-state index < -0.39 is 52.6 Å². The van der Waals surface area contributed by atoms with E-state index in [1.165, 1.54) is 24.8 Å². The van der Waals surface area contributed by atoms with Crippen LogP contribution in [0.2, 0.25) is 5.02 Å². The van der Waals surface area contributed by atoms with Gasteiger partial charge in [-0.3, -0.25) is 19.1 Å². The van der Waals surface area contributed by atoms with Crippen LogP contribution in [0, 0.1) is 23.5 Å². The quantitative estimate of drug-likeness (QED) is 0.0767. The minimum Gasteiger partial charge on any atom is -0.494 e. The summed E-state index contributed by atoms with van der Waals surface area (Å²) in [5.41, 5.74) is 8.22. The van der Waals surface area contributed by atoms with Gasteiger partial charge in [0.1, 0.15) is 18.2 Å². The van der Waals surface area contributed by atoms with Crippen LogP contribution in [-0.2, 0) is 40.2 Å². The second kappa shape index (κ2) is 22.9. The summed E-state index contributed by atoms with van der Waals surface area (Å²) in [6.07, 6.45) is 2.56. The molecule has 11 rings (SSSR count). The van der Waals surface area contributed by atoms with Crippen LogP contribution in [0.4, 0.5) is 19.4 Å². The van der Waals surface area contributed by atoms with Crippen molar-refractivity contribution in [3.05, 3.63) is 141 Å². The highest BCUT2D eigenvalue weighted by Crippen LogP contribution is 2.57. The number of hydrogen-bond donors (Lipinski definition) is 4. The number of nitrogens with two attached hydrogens (primary N) is 1. The number of carbonyl (C=O) groups is 4. The number of carbonyl (C=O) groups excluding carboxylic acids is 4. The summed E-state index contributed by atoms with van der Waals surface area (Å²) in [4.78, 5) is 61.7. The van der Waals surface area contributed by atoms with Crippen molar-refractivity contribution in [2.45, 2.75) is 94.9 Å². The predicted octanol–water partition coefficient (Wildman–Crippen LogP) is 8.30. The van der Waals surface area contributed by atoms with Gasteiger partial charge < -0.3 is 55.1 Å². The Morgan fingerprint density at radius 3 is 2.32 bits per heavy atom. The third-order valence-corrected chi connectivity index (χ3v) is 18.0. The van der Waals surface area contributed by atoms with Crippen molar-refractivity contribution in [1.29, 1.82) is 0 Å². The second-order valence-corrected chi connectivity index (χ2v) is 22.7. The number of aromatic nitrogens is 2. The molecule has 4 aliphatic heterocycles. The summed E-state index contributed by atoms with van der Waals surface area (Å²) in [5, 5.41) is 28.0. The number of piperidine rings is 1. The Bertz CT molecular complexity index is 3360. The molecule has 5 N–H and O–H groups in total. The van der Waals surface area contributed by atoms with Crippen LogP contribution < -0.4 is 25.4 Å². The van der Waals surface area contributed by atoms with Crippen molar-refractivity contribution in [2.75, 3.05) is 57.8 Å². The van der Waals surface area contributed by atoms with Crippen molar-refractivity contribution in [3.63, 3.8) is 0 Å². The van der Waals surface area contributed by atoms with E-state index in [4.69, 9.17) is 36.6 Å². The first-order valence-corrected chi connectivity index (χ1v) is 28.2. The molecule has 1 aromatic heterocycles. The van der Waals surface area contributed by atoms with E-state index in [0.717, 1.165) is 49.4 Å². The number of aliphatic hydroxyl groups is 2. The third kappa shape index (κ3) is 10.6. The summed E-state index contributed by atoms with van der Waals surface area (Å²) >= 11 is 6.81. The zero-order valence-electron chi connectivity index (χ0n) is 45.6. The number of benzene rings is 5. The van der Waals surface area contributed by atoms with Crippen LogP contribution in [0.25, 0.3) is 22.0 Å². The number of aliphatic hydroxyl groups excluding tert-OH is 2. The summed E-state index contributed by atoms with van der Waals surface area (Å²) in [6.45, 7) is 6.08. The van der Waals surface area contributed by atoms with Gasteiger partial charge in [0.05, 0.1) is 36.4 Å². The van der Waals surface area contributed by atoms with E-state index >= 15 is 8.78 Å². The zero-order valence-corrected chi connectivity index (χ0v) is 46.3. The molecule has 3 saturated heterocycles. The standard InChI is InChI=1S/C61H67ClF2N8O9/c1-35-51-49(28-46(63)54(62)53(51)52-45(56(65)75)19-20-48(79-3)55(52)64)81-61(35,42-7-5-4-6-8-42)34-72(60(78)80-33-37-11-9-36(32-73)10-12-37)43-16-13-40(14-17-43)58(76)70-30-38(31-70)29-69-24-21-39(22-25-69)41-15-18-44-47(27-41)68(2)67-57(44)71-26-23-50(74)66-59(71)77/h4-12,15,18-20,27-28,35,38-40,43,59,73,77H,13-14,16-17,21-26,29-34H2,1-3H3,(H2,65,75)(H,66,74)/t35-,40?,43?,59?,61-/m0/s1. The lowest BCUT2D eigenvalue weighted by Gasteiger charge is -2.46. The maximum absolute atomic E-state index is 16.6. The number of nitrogens with zero attached hydrogens (tertiary/aromatic N) is 6. The van der Waals surface area contributed by atoms with E-state index in [9.17, 15) is 29.4 Å². The van der Waals surface area contributed by atoms with E-state index in [1.807, 2.05) is 53.9 Å². The lowest BCUT2D eigenvalue weighted by molar-refractivity contribution is -0.144. The smallest absolute Gasteiger partial charge is 0.410 e. The number of aryl methyl sites for hydroxylation is 1. The molecule has 0 bridgehead atoms. The number of fused-ring (bicyclic) bond motifs is 2. The van der Waals surface area contributed by atoms with Gasteiger partial charge in [-0.15, -0.1) is 0 Å². The third-order valence-electron chi connectivity index (χ3n) is 17.6. The van der Waals surface area contributed by atoms with Gasteiger partial charge in [0, 0.05) is 91.6 Å². The fraction of sp³-hybridized carbons (Fsp3) is 0.426. The molecule has 4 fully saturated rings. The van der Waals surface area contributed by atoms with Crippen molar-refractivity contribution < 1.29 is 52.4 Å². The maximum Gasteiger partial charge on any atom is 0.410 e. The summed E-state index contributed by atoms with van der Waals surface area (Å²) in [6, 6.07) is 26.0. The maximum atomic E-state index is 16.6. The lowest BCUT2D eigenvalue weighted by Crippen LogP contribution is -2.57. The largest absolute Gasteiger partial charge is 0.494 e. The molecule has 0 spiro atoms. The predicted molar refractivity (Wildman–Crippen MR) is 299 cm³/mol. The summed E-state index contributed by atoms with van der Waals surface area (Å²) < 4.78 is 53.0. The number of nitrogens with one attached hydrogen (secondary N) is 1. The topological polar surface area (TPSA) is 205 Å². The number of likely N-dealkylation sites (tertiary alicyclic amines) is 2. The van der Waals surface area contributed by atoms with Crippen molar-refractivity contribution in [3.8, 4) is 22.6 Å². The molecule has 20 heteroatoms. The second-order valence-electron chi connectivity index (χ2n) is 22.4. The van der Waals surface area contributed by atoms with Crippen molar-refractivity contribution in [2.24, 2.45) is 24.6 Å². The van der Waals surface area contributed by atoms with E-state index in [0.29, 0.717) is 85.2 Å². The van der Waals surface area contributed by atoms with E-state index in [-0.39, 0.29) is 72.1 Å². The normalized spacial score (nSPS) is 22.4. The lowest BCUT2D eigenvalue weighted by atomic mass is 9.76. The summed E-state index contributed by atoms with van der Waals surface area (Å²) in [7, 11) is 3.17. The first-order chi connectivity index (χ1) is 39.0. The van der Waals surface area contributed by atoms with Crippen molar-refractivity contribution in [1.82, 2.24) is 29.8 Å². The molecular formula is C61H67ClF2N8O9. The molecule has 0 radical (unpaired) electrons. The monoisotopic (exact) mass is 1130 g/mol. The molecule has 5 aromatic carbocycles. The van der Waals surface area contributed by atoms with Gasteiger partial charge in [-0.2, -0.15) is 5.10 Å². The van der Waals surface area contributed by atoms with Crippen LogP contribution in [0.1, 0.15) is 102 Å². The number of hydrogen-bond acceptors (Lipinski definition) is 12. The molecule has 1 unspecified atom stereocenters. The highest BCUT2D eigenvalue weighted by Gasteiger charge is 2.53. The van der Waals surface area contributed by atoms with Crippen LogP contribution in [0.5, 0.6) is 11.5 Å². The number of primary amides is 1. The number of ether oxygens (including phenoxy) is 3. The molecule has 81 heavy (non-hydrogen) atoms. The van der Waals surface area contributed by atoms with Crippen LogP contribution in [-0.4, -0.2) is 124 Å². The number of halogens is 3. The van der Waals surface area contributed by atoms with Gasteiger partial charge >= 0.3 is 6.09 Å². The highest BCUT2D eigenvalue weighted by molar-refractivity contribution is 6.34. The fourth-order valence-corrected chi connectivity index (χ4v) is 13.3. The van der Waals surface area contributed by atoms with Gasteiger partial charge in [0.15, 0.2) is 23.0 Å². The molecule has 426 valence electrons. The Hall–Kier alpha value is -7.32. The number of methoxy groups -OCH3 is 1. The molecule has 4 amide bonds. The van der Waals surface area contributed by atoms with E-state index in [1.54, 1.807) is 34.1 Å². The number of rotatable bonds is 15. The first kappa shape index (κ1) is 55.6. The Balaban J connectivity index is 0.770. The fourth-order valence-electron chi connectivity index (χ4n) is 13.1. The SMILES string of the molecule is COc1ccc(C(N)=O)c(-c2c(Cl)c(F)cc3c2[C@H](C)[C@@](CN(C(=O)OCc2ccc(CO)cc2)C2CCC(C(=O)N4CC(CN5CCC(c6ccc7c(N8CCC(=O)NC8O)nn(C)c7c6)CC5)C4)CC2)(c2ccccc2)O3)c1F. The molecule has 5 aliphatic rings. The van der Waals surface area contributed by atoms with Crippen LogP contribution in [0.15, 0.2) is 91.0 Å². The molecule has 3 atom stereocenters. The Labute approximate surface area is 473 Å². The molecule has 17 nitrogen and oxygen atoms in total. The number of amides is 4. The molecule has 5 heterocycles. The average Bonchev–Trinajstić information content (AvgIpc) is 3.78. The van der Waals surface area contributed by atoms with Crippen LogP contribution >= 0.6 is 11.6 Å². The summed E-state index contributed by atoms with van der Waals surface area (Å²) in [5.74, 6) is -2.73. The van der Waals surface area contributed by atoms with Gasteiger partial charge in [0.25, 0.3) is 0 Å². The van der Waals surface area contributed by atoms with Gasteiger partial charge in [-0.1, -0.05) is 79.2 Å². The zero-order chi connectivity index (χ0) is 56.9. The molecular weight excluding hydrogens is 1060 g/mol. The van der Waals surface area contributed by atoms with Gasteiger partial charge in [-0.05, 0) is 104 Å². The molecule has 1 aliphatic carbocycles. The van der Waals surface area contributed by atoms with Crippen LogP contribution in [0.3, 0.4) is 0 Å². The minimum absolute atomic E-state index is 0.0364. The van der Waals surface area contributed by atoms with Crippen molar-refractivity contribution >= 4 is 52.1 Å². The molecule has 1 saturated carbocycles. The Morgan fingerprint density at radius 2 is 1.64 bits per heavy atom. The van der Waals surface area contributed by atoms with Gasteiger partial charge in [-0.25, -0.2) is 13.6 Å². The highest BCUT2D eigenvalue weighted by atomic mass is 35.5. The van der Waals surface area contributed by atoms with Gasteiger partial charge in [0.2, 0.25) is 24.1 Å². The first-order valence-electron chi connectivity index (χ1n) is 27.8. The Morgan fingerprint density at radius 1 is 0.926 bits per heavy atom. The average molecular weight is 1130 g/mol.